The molecule has 3 nitrogen and oxygen atoms in total. The summed E-state index contributed by atoms with van der Waals surface area (Å²) < 4.78 is 19.1. The van der Waals surface area contributed by atoms with E-state index in [9.17, 15) is 9.18 Å². The van der Waals surface area contributed by atoms with Crippen molar-refractivity contribution in [2.45, 2.75) is 19.4 Å². The van der Waals surface area contributed by atoms with Crippen molar-refractivity contribution in [3.05, 3.63) is 59.4 Å². The molecule has 0 radical (unpaired) electrons. The molecule has 0 unspecified atom stereocenters. The smallest absolute Gasteiger partial charge is 0.255 e. The highest BCUT2D eigenvalue weighted by atomic mass is 19.1. The van der Waals surface area contributed by atoms with Crippen LogP contribution in [-0.4, -0.2) is 12.0 Å². The predicted molar refractivity (Wildman–Crippen MR) is 74.6 cm³/mol. The van der Waals surface area contributed by atoms with E-state index in [4.69, 9.17) is 4.74 Å². The van der Waals surface area contributed by atoms with Crippen molar-refractivity contribution in [2.75, 3.05) is 5.32 Å². The highest BCUT2D eigenvalue weighted by Crippen LogP contribution is 2.29. The summed E-state index contributed by atoms with van der Waals surface area (Å²) in [5.41, 5.74) is 1.70. The Bertz CT molecular complexity index is 669. The second-order valence-electron chi connectivity index (χ2n) is 4.89. The molecule has 0 spiro atoms. The van der Waals surface area contributed by atoms with Crippen LogP contribution in [0.3, 0.4) is 0 Å². The van der Waals surface area contributed by atoms with Gasteiger partial charge in [0.2, 0.25) is 0 Å². The van der Waals surface area contributed by atoms with Gasteiger partial charge in [0.1, 0.15) is 17.7 Å². The minimum absolute atomic E-state index is 0.134. The van der Waals surface area contributed by atoms with Crippen molar-refractivity contribution >= 4 is 11.6 Å². The molecule has 0 aliphatic carbocycles. The van der Waals surface area contributed by atoms with E-state index in [2.05, 4.69) is 5.32 Å². The SMILES string of the molecule is C[C@@H]1Cc2cc(C(=O)Nc3ccccc3F)ccc2O1. The predicted octanol–water partition coefficient (Wildman–Crippen LogP) is 3.40. The van der Waals surface area contributed by atoms with Crippen LogP contribution >= 0.6 is 0 Å². The van der Waals surface area contributed by atoms with Gasteiger partial charge in [-0.1, -0.05) is 12.1 Å². The highest BCUT2D eigenvalue weighted by Gasteiger charge is 2.20. The Hall–Kier alpha value is -2.36. The fourth-order valence-electron chi connectivity index (χ4n) is 2.32. The first-order valence-corrected chi connectivity index (χ1v) is 6.49. The van der Waals surface area contributed by atoms with Crippen molar-refractivity contribution in [1.82, 2.24) is 0 Å². The summed E-state index contributed by atoms with van der Waals surface area (Å²) in [5, 5.41) is 2.57. The summed E-state index contributed by atoms with van der Waals surface area (Å²) in [6.45, 7) is 1.99. The van der Waals surface area contributed by atoms with E-state index in [0.717, 1.165) is 17.7 Å². The first-order chi connectivity index (χ1) is 9.63. The van der Waals surface area contributed by atoms with Gasteiger partial charge in [-0.3, -0.25) is 4.79 Å². The van der Waals surface area contributed by atoms with E-state index < -0.39 is 5.82 Å². The Balaban J connectivity index is 1.82. The molecule has 3 rings (SSSR count). The molecule has 0 bridgehead atoms. The lowest BCUT2D eigenvalue weighted by molar-refractivity contribution is 0.102. The Morgan fingerprint density at radius 3 is 2.90 bits per heavy atom. The number of para-hydroxylation sites is 1. The molecule has 4 heteroatoms. The van der Waals surface area contributed by atoms with Crippen molar-refractivity contribution < 1.29 is 13.9 Å². The van der Waals surface area contributed by atoms with Gasteiger partial charge in [-0.15, -0.1) is 0 Å². The van der Waals surface area contributed by atoms with Gasteiger partial charge in [-0.05, 0) is 42.8 Å². The van der Waals surface area contributed by atoms with Crippen LogP contribution in [0.25, 0.3) is 0 Å². The summed E-state index contributed by atoms with van der Waals surface area (Å²) in [7, 11) is 0. The van der Waals surface area contributed by atoms with Crippen molar-refractivity contribution in [1.29, 1.82) is 0 Å². The Morgan fingerprint density at radius 2 is 2.10 bits per heavy atom. The fraction of sp³-hybridized carbons (Fsp3) is 0.188. The topological polar surface area (TPSA) is 38.3 Å². The molecule has 20 heavy (non-hydrogen) atoms. The summed E-state index contributed by atoms with van der Waals surface area (Å²) in [6, 6.07) is 11.4. The third kappa shape index (κ3) is 2.37. The monoisotopic (exact) mass is 271 g/mol. The lowest BCUT2D eigenvalue weighted by atomic mass is 10.1. The average molecular weight is 271 g/mol. The summed E-state index contributed by atoms with van der Waals surface area (Å²) in [5.74, 6) is 0.0522. The van der Waals surface area contributed by atoms with Crippen LogP contribution in [0, 0.1) is 5.82 Å². The lowest BCUT2D eigenvalue weighted by Gasteiger charge is -2.07. The largest absolute Gasteiger partial charge is 0.490 e. The Labute approximate surface area is 116 Å². The van der Waals surface area contributed by atoms with Gasteiger partial charge in [-0.2, -0.15) is 0 Å². The number of fused-ring (bicyclic) bond motifs is 1. The number of anilines is 1. The number of ether oxygens (including phenoxy) is 1. The summed E-state index contributed by atoms with van der Waals surface area (Å²) >= 11 is 0. The Morgan fingerprint density at radius 1 is 1.30 bits per heavy atom. The van der Waals surface area contributed by atoms with Crippen LogP contribution in [0.1, 0.15) is 22.8 Å². The number of hydrogen-bond donors (Lipinski definition) is 1. The Kier molecular flexibility index (Phi) is 3.14. The van der Waals surface area contributed by atoms with E-state index in [0.29, 0.717) is 5.56 Å². The number of carbonyl (C=O) groups is 1. The van der Waals surface area contributed by atoms with E-state index >= 15 is 0 Å². The molecule has 0 aromatic heterocycles. The molecule has 1 amide bonds. The minimum Gasteiger partial charge on any atom is -0.490 e. The van der Waals surface area contributed by atoms with Crippen LogP contribution in [0.15, 0.2) is 42.5 Å². The fourth-order valence-corrected chi connectivity index (χ4v) is 2.32. The molecule has 0 saturated carbocycles. The lowest BCUT2D eigenvalue weighted by Crippen LogP contribution is -2.13. The number of nitrogens with one attached hydrogen (secondary N) is 1. The van der Waals surface area contributed by atoms with Crippen LogP contribution in [0.5, 0.6) is 5.75 Å². The maximum Gasteiger partial charge on any atom is 0.255 e. The van der Waals surface area contributed by atoms with Crippen molar-refractivity contribution in [3.63, 3.8) is 0 Å². The molecule has 1 heterocycles. The maximum absolute atomic E-state index is 13.5. The number of amides is 1. The van der Waals surface area contributed by atoms with Gasteiger partial charge in [0.25, 0.3) is 5.91 Å². The molecule has 1 N–H and O–H groups in total. The number of rotatable bonds is 2. The van der Waals surface area contributed by atoms with E-state index in [1.807, 2.05) is 6.92 Å². The molecule has 0 fully saturated rings. The van der Waals surface area contributed by atoms with Gasteiger partial charge in [0, 0.05) is 12.0 Å². The van der Waals surface area contributed by atoms with E-state index in [1.54, 1.807) is 30.3 Å². The molecule has 0 saturated heterocycles. The zero-order chi connectivity index (χ0) is 14.1. The van der Waals surface area contributed by atoms with Gasteiger partial charge >= 0.3 is 0 Å². The third-order valence-corrected chi connectivity index (χ3v) is 3.28. The van der Waals surface area contributed by atoms with Crippen molar-refractivity contribution in [3.8, 4) is 5.75 Å². The first kappa shape index (κ1) is 12.7. The van der Waals surface area contributed by atoms with Gasteiger partial charge in [0.05, 0.1) is 5.69 Å². The molecular formula is C16H14FNO2. The van der Waals surface area contributed by atoms with Crippen LogP contribution in [-0.2, 0) is 6.42 Å². The summed E-state index contributed by atoms with van der Waals surface area (Å²) in [4.78, 5) is 12.1. The van der Waals surface area contributed by atoms with Crippen LogP contribution in [0.2, 0.25) is 0 Å². The van der Waals surface area contributed by atoms with Crippen LogP contribution in [0.4, 0.5) is 10.1 Å². The highest BCUT2D eigenvalue weighted by molar-refractivity contribution is 6.04. The molecule has 102 valence electrons. The van der Waals surface area contributed by atoms with Crippen molar-refractivity contribution in [2.24, 2.45) is 0 Å². The first-order valence-electron chi connectivity index (χ1n) is 6.49. The quantitative estimate of drug-likeness (QED) is 0.909. The standard InChI is InChI=1S/C16H14FNO2/c1-10-8-12-9-11(6-7-15(12)20-10)16(19)18-14-5-3-2-4-13(14)17/h2-7,9-10H,8H2,1H3,(H,18,19)/t10-/m1/s1. The van der Waals surface area contributed by atoms with Crippen LogP contribution < -0.4 is 10.1 Å². The number of hydrogen-bond acceptors (Lipinski definition) is 2. The molecule has 1 aliphatic heterocycles. The summed E-state index contributed by atoms with van der Waals surface area (Å²) in [6.07, 6.45) is 0.922. The average Bonchev–Trinajstić information content (AvgIpc) is 2.80. The number of carbonyl (C=O) groups excluding carboxylic acids is 1. The second kappa shape index (κ2) is 4.96. The van der Waals surface area contributed by atoms with Gasteiger partial charge in [-0.25, -0.2) is 4.39 Å². The molecule has 2 aromatic carbocycles. The number of benzene rings is 2. The van der Waals surface area contributed by atoms with Gasteiger partial charge in [0.15, 0.2) is 0 Å². The third-order valence-electron chi connectivity index (χ3n) is 3.28. The molecule has 1 aliphatic rings. The van der Waals surface area contributed by atoms with E-state index in [1.165, 1.54) is 12.1 Å². The molecule has 2 aromatic rings. The molecule has 1 atom stereocenters. The normalized spacial score (nSPS) is 16.4. The zero-order valence-corrected chi connectivity index (χ0v) is 11.0. The second-order valence-corrected chi connectivity index (χ2v) is 4.89. The zero-order valence-electron chi connectivity index (χ0n) is 11.0. The number of halogens is 1. The van der Waals surface area contributed by atoms with Gasteiger partial charge < -0.3 is 10.1 Å². The maximum atomic E-state index is 13.5. The molecular weight excluding hydrogens is 257 g/mol. The minimum atomic E-state index is -0.445. The van der Waals surface area contributed by atoms with E-state index in [-0.39, 0.29) is 17.7 Å².